The van der Waals surface area contributed by atoms with Crippen LogP contribution in [0.2, 0.25) is 0 Å². The number of carbonyl (C=O) groups excluding carboxylic acids is 1. The molecule has 1 aliphatic carbocycles. The summed E-state index contributed by atoms with van der Waals surface area (Å²) in [4.78, 5) is 10.8. The van der Waals surface area contributed by atoms with E-state index >= 15 is 0 Å². The van der Waals surface area contributed by atoms with Crippen molar-refractivity contribution in [1.82, 2.24) is 0 Å². The number of halogens is 1. The zero-order chi connectivity index (χ0) is 8.97. The first-order valence-corrected chi connectivity index (χ1v) is 4.92. The van der Waals surface area contributed by atoms with Crippen LogP contribution < -0.4 is 0 Å². The summed E-state index contributed by atoms with van der Waals surface area (Å²) in [5.41, 5.74) is 0. The molecule has 0 heterocycles. The zero-order valence-electron chi connectivity index (χ0n) is 7.26. The predicted molar refractivity (Wildman–Crippen MR) is 51.1 cm³/mol. The Hall–Kier alpha value is -0.300. The summed E-state index contributed by atoms with van der Waals surface area (Å²) < 4.78 is 0. The summed E-state index contributed by atoms with van der Waals surface area (Å²) in [6, 6.07) is 0. The van der Waals surface area contributed by atoms with E-state index in [1.54, 1.807) is 0 Å². The number of carbonyl (C=O) groups is 1. The van der Waals surface area contributed by atoms with E-state index in [4.69, 9.17) is 11.6 Å². The summed E-state index contributed by atoms with van der Waals surface area (Å²) in [6.45, 7) is 3.72. The van der Waals surface area contributed by atoms with Gasteiger partial charge in [-0.1, -0.05) is 6.08 Å². The van der Waals surface area contributed by atoms with E-state index in [0.29, 0.717) is 0 Å². The number of hydrogen-bond acceptors (Lipinski definition) is 1. The summed E-state index contributed by atoms with van der Waals surface area (Å²) in [6.07, 6.45) is 7.27. The van der Waals surface area contributed by atoms with Gasteiger partial charge in [0.15, 0.2) is 0 Å². The molecular formula is C10H15ClO. The second kappa shape index (κ2) is 4.66. The van der Waals surface area contributed by atoms with Gasteiger partial charge >= 0.3 is 0 Å². The molecule has 0 atom stereocenters. The molecule has 1 fully saturated rings. The lowest BCUT2D eigenvalue weighted by Gasteiger charge is -2.25. The van der Waals surface area contributed by atoms with Crippen LogP contribution in [0, 0.1) is 11.8 Å². The van der Waals surface area contributed by atoms with Gasteiger partial charge in [-0.15, -0.1) is 6.58 Å². The molecule has 0 aromatic carbocycles. The molecule has 1 rings (SSSR count). The van der Waals surface area contributed by atoms with Crippen LogP contribution >= 0.6 is 11.6 Å². The largest absolute Gasteiger partial charge is 0.281 e. The molecule has 1 aliphatic rings. The Labute approximate surface area is 78.8 Å². The maximum Gasteiger partial charge on any atom is 0.224 e. The summed E-state index contributed by atoms with van der Waals surface area (Å²) in [5.74, 6) is 0.877. The van der Waals surface area contributed by atoms with E-state index in [1.807, 2.05) is 6.08 Å². The van der Waals surface area contributed by atoms with Gasteiger partial charge in [0.05, 0.1) is 0 Å². The van der Waals surface area contributed by atoms with E-state index < -0.39 is 0 Å². The molecule has 0 unspecified atom stereocenters. The third kappa shape index (κ3) is 2.63. The molecule has 0 N–H and O–H groups in total. The first-order chi connectivity index (χ1) is 5.74. The van der Waals surface area contributed by atoms with Gasteiger partial charge in [0.2, 0.25) is 5.24 Å². The van der Waals surface area contributed by atoms with Crippen molar-refractivity contribution in [2.75, 3.05) is 0 Å². The topological polar surface area (TPSA) is 17.1 Å². The summed E-state index contributed by atoms with van der Waals surface area (Å²) in [7, 11) is 0. The smallest absolute Gasteiger partial charge is 0.224 e. The van der Waals surface area contributed by atoms with Crippen LogP contribution in [0.4, 0.5) is 0 Å². The van der Waals surface area contributed by atoms with Crippen LogP contribution in [0.15, 0.2) is 12.7 Å². The second-order valence-corrected chi connectivity index (χ2v) is 3.92. The first kappa shape index (κ1) is 9.79. The van der Waals surface area contributed by atoms with Crippen molar-refractivity contribution >= 4 is 16.8 Å². The van der Waals surface area contributed by atoms with Crippen molar-refractivity contribution in [2.24, 2.45) is 11.8 Å². The quantitative estimate of drug-likeness (QED) is 0.489. The molecule has 1 saturated carbocycles. The molecule has 1 nitrogen and oxygen atoms in total. The lowest BCUT2D eigenvalue weighted by atomic mass is 9.81. The highest BCUT2D eigenvalue weighted by Crippen LogP contribution is 2.31. The van der Waals surface area contributed by atoms with Crippen LogP contribution in [-0.2, 0) is 4.79 Å². The third-order valence-electron chi connectivity index (χ3n) is 2.67. The standard InChI is InChI=1S/C10H15ClO/c1-2-3-8-4-6-9(7-5-8)10(11)12/h2,8-9H,1,3-7H2/t8-,9-. The Bertz CT molecular complexity index is 169. The van der Waals surface area contributed by atoms with Gasteiger partial charge in [-0.3, -0.25) is 4.79 Å². The van der Waals surface area contributed by atoms with E-state index in [0.717, 1.165) is 38.0 Å². The molecule has 0 spiro atoms. The molecule has 0 bridgehead atoms. The van der Waals surface area contributed by atoms with E-state index in [2.05, 4.69) is 6.58 Å². The molecule has 0 aliphatic heterocycles. The van der Waals surface area contributed by atoms with Crippen LogP contribution in [0.3, 0.4) is 0 Å². The van der Waals surface area contributed by atoms with Crippen LogP contribution in [0.25, 0.3) is 0 Å². The Balaban J connectivity index is 2.29. The Kier molecular flexibility index (Phi) is 3.80. The first-order valence-electron chi connectivity index (χ1n) is 4.54. The molecule has 0 radical (unpaired) electrons. The van der Waals surface area contributed by atoms with E-state index in [9.17, 15) is 4.79 Å². The number of rotatable bonds is 3. The fraction of sp³-hybridized carbons (Fsp3) is 0.700. The number of allylic oxidation sites excluding steroid dienone is 1. The highest BCUT2D eigenvalue weighted by Gasteiger charge is 2.24. The van der Waals surface area contributed by atoms with Crippen molar-refractivity contribution in [1.29, 1.82) is 0 Å². The van der Waals surface area contributed by atoms with Crippen molar-refractivity contribution in [3.05, 3.63) is 12.7 Å². The average molecular weight is 187 g/mol. The van der Waals surface area contributed by atoms with Gasteiger partial charge in [0, 0.05) is 5.92 Å². The molecular weight excluding hydrogens is 172 g/mol. The van der Waals surface area contributed by atoms with Gasteiger partial charge in [0.25, 0.3) is 0 Å². The average Bonchev–Trinajstić information content (AvgIpc) is 2.06. The third-order valence-corrected chi connectivity index (χ3v) is 2.98. The molecule has 0 aromatic heterocycles. The van der Waals surface area contributed by atoms with Crippen LogP contribution in [-0.4, -0.2) is 5.24 Å². The lowest BCUT2D eigenvalue weighted by Crippen LogP contribution is -2.18. The van der Waals surface area contributed by atoms with Crippen molar-refractivity contribution in [3.63, 3.8) is 0 Å². The fourth-order valence-electron chi connectivity index (χ4n) is 1.86. The van der Waals surface area contributed by atoms with E-state index in [-0.39, 0.29) is 11.2 Å². The monoisotopic (exact) mass is 186 g/mol. The minimum absolute atomic E-state index is 0.132. The molecule has 68 valence electrons. The van der Waals surface area contributed by atoms with Crippen molar-refractivity contribution in [3.8, 4) is 0 Å². The van der Waals surface area contributed by atoms with Crippen LogP contribution in [0.5, 0.6) is 0 Å². The van der Waals surface area contributed by atoms with Gasteiger partial charge in [-0.25, -0.2) is 0 Å². The zero-order valence-corrected chi connectivity index (χ0v) is 8.02. The molecule has 2 heteroatoms. The minimum Gasteiger partial charge on any atom is -0.281 e. The highest BCUT2D eigenvalue weighted by atomic mass is 35.5. The lowest BCUT2D eigenvalue weighted by molar-refractivity contribution is -0.116. The predicted octanol–water partition coefficient (Wildman–Crippen LogP) is 3.13. The van der Waals surface area contributed by atoms with Gasteiger partial charge < -0.3 is 0 Å². The minimum atomic E-state index is -0.146. The maximum atomic E-state index is 10.8. The van der Waals surface area contributed by atoms with Gasteiger partial charge in [-0.05, 0) is 49.6 Å². The van der Waals surface area contributed by atoms with E-state index in [1.165, 1.54) is 0 Å². The highest BCUT2D eigenvalue weighted by molar-refractivity contribution is 6.63. The maximum absolute atomic E-state index is 10.8. The summed E-state index contributed by atoms with van der Waals surface area (Å²) in [5, 5.41) is -0.146. The molecule has 0 saturated heterocycles. The molecule has 12 heavy (non-hydrogen) atoms. The summed E-state index contributed by atoms with van der Waals surface area (Å²) >= 11 is 5.42. The van der Waals surface area contributed by atoms with Crippen molar-refractivity contribution in [2.45, 2.75) is 32.1 Å². The Morgan fingerprint density at radius 2 is 2.00 bits per heavy atom. The molecule has 0 amide bonds. The normalized spacial score (nSPS) is 29.8. The Morgan fingerprint density at radius 3 is 2.42 bits per heavy atom. The second-order valence-electron chi connectivity index (χ2n) is 3.55. The molecule has 0 aromatic rings. The van der Waals surface area contributed by atoms with Crippen LogP contribution in [0.1, 0.15) is 32.1 Å². The SMILES string of the molecule is C=CC[C@H]1CC[C@H](C(=O)Cl)CC1. The fourth-order valence-corrected chi connectivity index (χ4v) is 2.08. The van der Waals surface area contributed by atoms with Gasteiger partial charge in [0.1, 0.15) is 0 Å². The number of hydrogen-bond donors (Lipinski definition) is 0. The van der Waals surface area contributed by atoms with Gasteiger partial charge in [-0.2, -0.15) is 0 Å². The van der Waals surface area contributed by atoms with Crippen molar-refractivity contribution < 1.29 is 4.79 Å². The Morgan fingerprint density at radius 1 is 1.42 bits per heavy atom.